The molecule has 0 amide bonds. The first kappa shape index (κ1) is 8.96. The highest BCUT2D eigenvalue weighted by Crippen LogP contribution is 2.23. The molecule has 2 N–H and O–H groups in total. The van der Waals surface area contributed by atoms with Crippen LogP contribution in [0.2, 0.25) is 5.02 Å². The number of rotatable bonds is 1. The molecule has 0 aliphatic heterocycles. The van der Waals surface area contributed by atoms with Crippen LogP contribution in [0.1, 0.15) is 5.69 Å². The van der Waals surface area contributed by atoms with Gasteiger partial charge in [-0.15, -0.1) is 5.10 Å². The van der Waals surface area contributed by atoms with Crippen LogP contribution in [-0.4, -0.2) is 20.0 Å². The zero-order chi connectivity index (χ0) is 10.1. The maximum absolute atomic E-state index is 5.89. The van der Waals surface area contributed by atoms with Crippen LogP contribution in [0.4, 0.5) is 5.82 Å². The summed E-state index contributed by atoms with van der Waals surface area (Å²) in [6, 6.07) is 3.51. The normalized spacial score (nSPS) is 10.4. The fourth-order valence-corrected chi connectivity index (χ4v) is 1.22. The number of anilines is 1. The maximum Gasteiger partial charge on any atom is 0.178 e. The average Bonchev–Trinajstić information content (AvgIpc) is 2.47. The Hall–Kier alpha value is -1.62. The van der Waals surface area contributed by atoms with Gasteiger partial charge in [0.05, 0.1) is 5.69 Å². The van der Waals surface area contributed by atoms with Crippen molar-refractivity contribution in [2.24, 2.45) is 0 Å². The Kier molecular flexibility index (Phi) is 2.09. The molecule has 72 valence electrons. The predicted molar refractivity (Wildman–Crippen MR) is 53.3 cm³/mol. The number of nitrogens with two attached hydrogens (primary N) is 1. The van der Waals surface area contributed by atoms with Gasteiger partial charge in [0.2, 0.25) is 0 Å². The molecule has 0 bridgehead atoms. The standard InChI is InChI=1S/C8H8ClN5/c1-5-7(9)8(10)14(13-5)6-3-2-4-11-12-6/h2-4H,10H2,1H3. The topological polar surface area (TPSA) is 69.6 Å². The first-order valence-electron chi connectivity index (χ1n) is 3.99. The second-order valence-corrected chi connectivity index (χ2v) is 3.16. The maximum atomic E-state index is 5.89. The molecule has 0 spiro atoms. The summed E-state index contributed by atoms with van der Waals surface area (Å²) in [7, 11) is 0. The van der Waals surface area contributed by atoms with E-state index < -0.39 is 0 Å². The van der Waals surface area contributed by atoms with E-state index >= 15 is 0 Å². The highest BCUT2D eigenvalue weighted by atomic mass is 35.5. The van der Waals surface area contributed by atoms with Crippen LogP contribution >= 0.6 is 11.6 Å². The molecule has 0 aromatic carbocycles. The molecule has 0 atom stereocenters. The molecule has 6 heteroatoms. The molecule has 2 heterocycles. The first-order chi connectivity index (χ1) is 6.70. The summed E-state index contributed by atoms with van der Waals surface area (Å²) in [6.45, 7) is 1.78. The molecule has 2 aromatic rings. The lowest BCUT2D eigenvalue weighted by Gasteiger charge is -1.99. The first-order valence-corrected chi connectivity index (χ1v) is 4.36. The number of hydrogen-bond donors (Lipinski definition) is 1. The number of halogens is 1. The molecule has 0 aliphatic carbocycles. The van der Waals surface area contributed by atoms with Crippen molar-refractivity contribution >= 4 is 17.4 Å². The van der Waals surface area contributed by atoms with Gasteiger partial charge < -0.3 is 5.73 Å². The van der Waals surface area contributed by atoms with Crippen molar-refractivity contribution in [3.05, 3.63) is 29.0 Å². The molecule has 0 fully saturated rings. The molecule has 0 unspecified atom stereocenters. The fraction of sp³-hybridized carbons (Fsp3) is 0.125. The van der Waals surface area contributed by atoms with Crippen molar-refractivity contribution < 1.29 is 0 Å². The molecule has 2 rings (SSSR count). The summed E-state index contributed by atoms with van der Waals surface area (Å²) in [5.74, 6) is 0.935. The van der Waals surface area contributed by atoms with Crippen molar-refractivity contribution in [3.63, 3.8) is 0 Å². The summed E-state index contributed by atoms with van der Waals surface area (Å²) < 4.78 is 1.46. The number of nitrogen functional groups attached to an aromatic ring is 1. The molecule has 0 aliphatic rings. The van der Waals surface area contributed by atoms with Gasteiger partial charge in [-0.25, -0.2) is 0 Å². The Labute approximate surface area is 85.5 Å². The van der Waals surface area contributed by atoms with Gasteiger partial charge in [-0.3, -0.25) is 0 Å². The minimum Gasteiger partial charge on any atom is -0.382 e. The van der Waals surface area contributed by atoms with E-state index in [0.29, 0.717) is 22.4 Å². The summed E-state index contributed by atoms with van der Waals surface area (Å²) in [5.41, 5.74) is 6.41. The molecular weight excluding hydrogens is 202 g/mol. The molecule has 0 saturated heterocycles. The average molecular weight is 210 g/mol. The van der Waals surface area contributed by atoms with Crippen molar-refractivity contribution in [2.75, 3.05) is 5.73 Å². The highest BCUT2D eigenvalue weighted by Gasteiger charge is 2.11. The van der Waals surface area contributed by atoms with Crippen molar-refractivity contribution in [3.8, 4) is 5.82 Å². The van der Waals surface area contributed by atoms with E-state index in [2.05, 4.69) is 15.3 Å². The van der Waals surface area contributed by atoms with E-state index in [4.69, 9.17) is 17.3 Å². The van der Waals surface area contributed by atoms with E-state index in [1.54, 1.807) is 25.3 Å². The van der Waals surface area contributed by atoms with E-state index in [1.165, 1.54) is 4.68 Å². The molecule has 14 heavy (non-hydrogen) atoms. The van der Waals surface area contributed by atoms with Gasteiger partial charge in [0.15, 0.2) is 5.82 Å². The molecule has 0 radical (unpaired) electrons. The SMILES string of the molecule is Cc1nn(-c2cccnn2)c(N)c1Cl. The molecule has 2 aromatic heterocycles. The van der Waals surface area contributed by atoms with Crippen LogP contribution < -0.4 is 5.73 Å². The number of aryl methyl sites for hydroxylation is 1. The summed E-state index contributed by atoms with van der Waals surface area (Å²) in [4.78, 5) is 0. The Balaban J connectivity index is 2.58. The smallest absolute Gasteiger partial charge is 0.178 e. The lowest BCUT2D eigenvalue weighted by Crippen LogP contribution is -2.04. The van der Waals surface area contributed by atoms with Gasteiger partial charge in [-0.2, -0.15) is 14.9 Å². The molecule has 0 saturated carbocycles. The van der Waals surface area contributed by atoms with Crippen molar-refractivity contribution in [1.29, 1.82) is 0 Å². The van der Waals surface area contributed by atoms with E-state index in [0.717, 1.165) is 0 Å². The Bertz CT molecular complexity index is 450. The lowest BCUT2D eigenvalue weighted by molar-refractivity contribution is 0.811. The Morgan fingerprint density at radius 2 is 2.29 bits per heavy atom. The van der Waals surface area contributed by atoms with Crippen LogP contribution in [0.5, 0.6) is 0 Å². The second-order valence-electron chi connectivity index (χ2n) is 2.78. The molecule has 5 nitrogen and oxygen atoms in total. The number of hydrogen-bond acceptors (Lipinski definition) is 4. The lowest BCUT2D eigenvalue weighted by atomic mass is 10.5. The van der Waals surface area contributed by atoms with Crippen molar-refractivity contribution in [2.45, 2.75) is 6.92 Å². The monoisotopic (exact) mass is 209 g/mol. The zero-order valence-corrected chi connectivity index (χ0v) is 8.23. The van der Waals surface area contributed by atoms with Gasteiger partial charge in [-0.05, 0) is 19.1 Å². The summed E-state index contributed by atoms with van der Waals surface area (Å²) in [5, 5.41) is 12.2. The zero-order valence-electron chi connectivity index (χ0n) is 7.48. The van der Waals surface area contributed by atoms with E-state index in [1.807, 2.05) is 0 Å². The minimum atomic E-state index is 0.379. The second kappa shape index (κ2) is 3.26. The van der Waals surface area contributed by atoms with Gasteiger partial charge in [0.1, 0.15) is 10.8 Å². The third-order valence-corrected chi connectivity index (χ3v) is 2.26. The predicted octanol–water partition coefficient (Wildman–Crippen LogP) is 1.21. The van der Waals surface area contributed by atoms with Gasteiger partial charge >= 0.3 is 0 Å². The largest absolute Gasteiger partial charge is 0.382 e. The van der Waals surface area contributed by atoms with Crippen molar-refractivity contribution in [1.82, 2.24) is 20.0 Å². The Morgan fingerprint density at radius 3 is 2.79 bits per heavy atom. The third-order valence-electron chi connectivity index (χ3n) is 1.80. The number of nitrogens with zero attached hydrogens (tertiary/aromatic N) is 4. The van der Waals surface area contributed by atoms with Crippen LogP contribution in [0.25, 0.3) is 5.82 Å². The minimum absolute atomic E-state index is 0.379. The van der Waals surface area contributed by atoms with Crippen LogP contribution in [-0.2, 0) is 0 Å². The van der Waals surface area contributed by atoms with Crippen LogP contribution in [0.3, 0.4) is 0 Å². The highest BCUT2D eigenvalue weighted by molar-refractivity contribution is 6.33. The van der Waals surface area contributed by atoms with Crippen LogP contribution in [0, 0.1) is 6.92 Å². The molecular formula is C8H8ClN5. The van der Waals surface area contributed by atoms with E-state index in [-0.39, 0.29) is 0 Å². The van der Waals surface area contributed by atoms with Crippen LogP contribution in [0.15, 0.2) is 18.3 Å². The van der Waals surface area contributed by atoms with Gasteiger partial charge in [-0.1, -0.05) is 11.6 Å². The fourth-order valence-electron chi connectivity index (χ4n) is 1.11. The van der Waals surface area contributed by atoms with Gasteiger partial charge in [0, 0.05) is 6.20 Å². The Morgan fingerprint density at radius 1 is 1.50 bits per heavy atom. The number of aromatic nitrogens is 4. The van der Waals surface area contributed by atoms with E-state index in [9.17, 15) is 0 Å². The summed E-state index contributed by atoms with van der Waals surface area (Å²) >= 11 is 5.89. The van der Waals surface area contributed by atoms with Gasteiger partial charge in [0.25, 0.3) is 0 Å². The quantitative estimate of drug-likeness (QED) is 0.767. The summed E-state index contributed by atoms with van der Waals surface area (Å²) in [6.07, 6.45) is 1.58. The third kappa shape index (κ3) is 1.31.